The van der Waals surface area contributed by atoms with E-state index in [0.29, 0.717) is 11.3 Å². The van der Waals surface area contributed by atoms with Gasteiger partial charge in [0.1, 0.15) is 18.0 Å². The van der Waals surface area contributed by atoms with Crippen LogP contribution in [0.25, 0.3) is 0 Å². The SMILES string of the molecule is Cc1ccc(OCCNC(=O)OC(C)(C)C)cc1[N+](=O)[O-]. The largest absolute Gasteiger partial charge is 0.491 e. The van der Waals surface area contributed by atoms with Crippen LogP contribution >= 0.6 is 0 Å². The van der Waals surface area contributed by atoms with Crippen LogP contribution in [0.2, 0.25) is 0 Å². The molecule has 0 aliphatic carbocycles. The molecule has 0 saturated heterocycles. The standard InChI is InChI=1S/C14H20N2O5/c1-10-5-6-11(9-12(10)16(18)19)20-8-7-15-13(17)21-14(2,3)4/h5-6,9H,7-8H2,1-4H3,(H,15,17). The molecule has 0 atom stereocenters. The second kappa shape index (κ2) is 6.92. The van der Waals surface area contributed by atoms with Crippen LogP contribution in [0.1, 0.15) is 26.3 Å². The zero-order valence-electron chi connectivity index (χ0n) is 12.6. The summed E-state index contributed by atoms with van der Waals surface area (Å²) in [5, 5.41) is 13.3. The highest BCUT2D eigenvalue weighted by molar-refractivity contribution is 5.67. The second-order valence-electron chi connectivity index (χ2n) is 5.48. The number of carbonyl (C=O) groups excluding carboxylic acids is 1. The minimum atomic E-state index is -0.553. The van der Waals surface area contributed by atoms with Crippen molar-refractivity contribution in [3.63, 3.8) is 0 Å². The van der Waals surface area contributed by atoms with E-state index in [1.54, 1.807) is 39.8 Å². The van der Waals surface area contributed by atoms with Gasteiger partial charge in [-0.25, -0.2) is 4.79 Å². The molecule has 1 amide bonds. The highest BCUT2D eigenvalue weighted by Gasteiger charge is 2.15. The maximum absolute atomic E-state index is 11.4. The van der Waals surface area contributed by atoms with Gasteiger partial charge in [-0.1, -0.05) is 0 Å². The van der Waals surface area contributed by atoms with E-state index < -0.39 is 16.6 Å². The lowest BCUT2D eigenvalue weighted by Crippen LogP contribution is -2.34. The molecule has 0 aliphatic heterocycles. The number of nitrogens with one attached hydrogen (secondary N) is 1. The molecule has 0 heterocycles. The average Bonchev–Trinajstić information content (AvgIpc) is 2.34. The molecule has 1 N–H and O–H groups in total. The smallest absolute Gasteiger partial charge is 0.407 e. The molecule has 1 aromatic carbocycles. The third kappa shape index (κ3) is 6.11. The number of alkyl carbamates (subject to hydrolysis) is 1. The maximum Gasteiger partial charge on any atom is 0.407 e. The summed E-state index contributed by atoms with van der Waals surface area (Å²) in [6.45, 7) is 7.42. The summed E-state index contributed by atoms with van der Waals surface area (Å²) in [6.07, 6.45) is -0.527. The van der Waals surface area contributed by atoms with Gasteiger partial charge in [0.2, 0.25) is 0 Å². The number of amides is 1. The first-order valence-corrected chi connectivity index (χ1v) is 6.54. The van der Waals surface area contributed by atoms with E-state index in [0.717, 1.165) is 0 Å². The lowest BCUT2D eigenvalue weighted by atomic mass is 10.2. The number of ether oxygens (including phenoxy) is 2. The van der Waals surface area contributed by atoms with Crippen LogP contribution < -0.4 is 10.1 Å². The van der Waals surface area contributed by atoms with Crippen molar-refractivity contribution in [1.82, 2.24) is 5.32 Å². The Labute approximate surface area is 123 Å². The van der Waals surface area contributed by atoms with Crippen LogP contribution in [-0.2, 0) is 4.74 Å². The Kier molecular flexibility index (Phi) is 5.52. The van der Waals surface area contributed by atoms with E-state index >= 15 is 0 Å². The molecule has 116 valence electrons. The number of hydrogen-bond donors (Lipinski definition) is 1. The highest BCUT2D eigenvalue weighted by atomic mass is 16.6. The average molecular weight is 296 g/mol. The van der Waals surface area contributed by atoms with E-state index in [4.69, 9.17) is 9.47 Å². The summed E-state index contributed by atoms with van der Waals surface area (Å²) in [6, 6.07) is 4.63. The number of rotatable bonds is 5. The van der Waals surface area contributed by atoms with Crippen LogP contribution in [0.5, 0.6) is 5.75 Å². The molecule has 7 heteroatoms. The number of aryl methyl sites for hydroxylation is 1. The maximum atomic E-state index is 11.4. The van der Waals surface area contributed by atoms with Gasteiger partial charge in [-0.3, -0.25) is 10.1 Å². The van der Waals surface area contributed by atoms with E-state index in [1.165, 1.54) is 6.07 Å². The number of nitro groups is 1. The van der Waals surface area contributed by atoms with E-state index in [2.05, 4.69) is 5.32 Å². The van der Waals surface area contributed by atoms with Crippen molar-refractivity contribution in [3.8, 4) is 5.75 Å². The molecule has 0 saturated carbocycles. The molecule has 7 nitrogen and oxygen atoms in total. The minimum Gasteiger partial charge on any atom is -0.491 e. The van der Waals surface area contributed by atoms with Gasteiger partial charge >= 0.3 is 6.09 Å². The van der Waals surface area contributed by atoms with Crippen LogP contribution in [0.15, 0.2) is 18.2 Å². The van der Waals surface area contributed by atoms with Gasteiger partial charge in [-0.05, 0) is 39.8 Å². The molecule has 1 rings (SSSR count). The first kappa shape index (κ1) is 16.7. The highest BCUT2D eigenvalue weighted by Crippen LogP contribution is 2.23. The zero-order valence-corrected chi connectivity index (χ0v) is 12.6. The van der Waals surface area contributed by atoms with E-state index in [1.807, 2.05) is 0 Å². The van der Waals surface area contributed by atoms with Gasteiger partial charge in [0.05, 0.1) is 17.5 Å². The lowest BCUT2D eigenvalue weighted by Gasteiger charge is -2.19. The Morgan fingerprint density at radius 2 is 2.05 bits per heavy atom. The second-order valence-corrected chi connectivity index (χ2v) is 5.48. The summed E-state index contributed by atoms with van der Waals surface area (Å²) in [5.41, 5.74) is 0.0227. The Morgan fingerprint density at radius 3 is 2.62 bits per heavy atom. The van der Waals surface area contributed by atoms with Gasteiger partial charge < -0.3 is 14.8 Å². The quantitative estimate of drug-likeness (QED) is 0.512. The molecule has 21 heavy (non-hydrogen) atoms. The predicted octanol–water partition coefficient (Wildman–Crippen LogP) is 2.81. The Morgan fingerprint density at radius 1 is 1.38 bits per heavy atom. The fraction of sp³-hybridized carbons (Fsp3) is 0.500. The fourth-order valence-electron chi connectivity index (χ4n) is 1.51. The normalized spacial score (nSPS) is 10.9. The third-order valence-electron chi connectivity index (χ3n) is 2.42. The van der Waals surface area contributed by atoms with E-state index in [9.17, 15) is 14.9 Å². The van der Waals surface area contributed by atoms with Gasteiger partial charge in [0.25, 0.3) is 5.69 Å². The lowest BCUT2D eigenvalue weighted by molar-refractivity contribution is -0.385. The Hall–Kier alpha value is -2.31. The Bertz CT molecular complexity index is 523. The Balaban J connectivity index is 2.41. The first-order chi connectivity index (χ1) is 9.69. The van der Waals surface area contributed by atoms with Crippen LogP contribution in [-0.4, -0.2) is 29.8 Å². The molecular formula is C14H20N2O5. The van der Waals surface area contributed by atoms with Crippen molar-refractivity contribution >= 4 is 11.8 Å². The number of nitro benzene ring substituents is 1. The van der Waals surface area contributed by atoms with Crippen molar-refractivity contribution < 1.29 is 19.2 Å². The van der Waals surface area contributed by atoms with Crippen molar-refractivity contribution in [1.29, 1.82) is 0 Å². The van der Waals surface area contributed by atoms with Crippen LogP contribution in [0, 0.1) is 17.0 Å². The van der Waals surface area contributed by atoms with Crippen molar-refractivity contribution in [2.24, 2.45) is 0 Å². The summed E-state index contributed by atoms with van der Waals surface area (Å²) in [5.74, 6) is 0.387. The number of benzene rings is 1. The van der Waals surface area contributed by atoms with Crippen molar-refractivity contribution in [3.05, 3.63) is 33.9 Å². The molecule has 1 aromatic rings. The number of hydrogen-bond acceptors (Lipinski definition) is 5. The number of nitrogens with zero attached hydrogens (tertiary/aromatic N) is 1. The summed E-state index contributed by atoms with van der Waals surface area (Å²) in [4.78, 5) is 21.7. The molecule has 0 spiro atoms. The molecule has 0 fully saturated rings. The molecule has 0 unspecified atom stereocenters. The number of carbonyl (C=O) groups is 1. The summed E-state index contributed by atoms with van der Waals surface area (Å²) >= 11 is 0. The monoisotopic (exact) mass is 296 g/mol. The molecule has 0 radical (unpaired) electrons. The first-order valence-electron chi connectivity index (χ1n) is 6.54. The third-order valence-corrected chi connectivity index (χ3v) is 2.42. The van der Waals surface area contributed by atoms with Crippen LogP contribution in [0.4, 0.5) is 10.5 Å². The fourth-order valence-corrected chi connectivity index (χ4v) is 1.51. The van der Waals surface area contributed by atoms with Crippen molar-refractivity contribution in [2.75, 3.05) is 13.2 Å². The zero-order chi connectivity index (χ0) is 16.0. The molecular weight excluding hydrogens is 276 g/mol. The van der Waals surface area contributed by atoms with Crippen LogP contribution in [0.3, 0.4) is 0 Å². The molecule has 0 aliphatic rings. The summed E-state index contributed by atoms with van der Waals surface area (Å²) in [7, 11) is 0. The predicted molar refractivity (Wildman–Crippen MR) is 77.6 cm³/mol. The van der Waals surface area contributed by atoms with Gasteiger partial charge in [-0.15, -0.1) is 0 Å². The molecule has 0 aromatic heterocycles. The van der Waals surface area contributed by atoms with E-state index in [-0.39, 0.29) is 18.8 Å². The summed E-state index contributed by atoms with van der Waals surface area (Å²) < 4.78 is 10.4. The minimum absolute atomic E-state index is 0.00704. The van der Waals surface area contributed by atoms with Crippen molar-refractivity contribution in [2.45, 2.75) is 33.3 Å². The topological polar surface area (TPSA) is 90.7 Å². The van der Waals surface area contributed by atoms with Gasteiger partial charge in [-0.2, -0.15) is 0 Å². The van der Waals surface area contributed by atoms with Gasteiger partial charge in [0.15, 0.2) is 0 Å². The molecule has 0 bridgehead atoms. The van der Waals surface area contributed by atoms with Gasteiger partial charge in [0, 0.05) is 5.56 Å².